The van der Waals surface area contributed by atoms with Crippen molar-refractivity contribution in [3.63, 3.8) is 0 Å². The second kappa shape index (κ2) is 10.2. The topological polar surface area (TPSA) is 73.8 Å². The maximum absolute atomic E-state index is 11.7. The lowest BCUT2D eigenvalue weighted by Crippen LogP contribution is -2.38. The second-order valence-electron chi connectivity index (χ2n) is 6.71. The van der Waals surface area contributed by atoms with Gasteiger partial charge < -0.3 is 10.2 Å². The maximum atomic E-state index is 11.7. The summed E-state index contributed by atoms with van der Waals surface area (Å²) in [4.78, 5) is 6.42. The van der Waals surface area contributed by atoms with Gasteiger partial charge >= 0.3 is 0 Å². The Morgan fingerprint density at radius 1 is 1.04 bits per heavy atom. The molecule has 28 heavy (non-hydrogen) atoms. The number of hydrogen-bond acceptors (Lipinski definition) is 3. The van der Waals surface area contributed by atoms with Gasteiger partial charge in [-0.05, 0) is 35.7 Å². The van der Waals surface area contributed by atoms with E-state index in [2.05, 4.69) is 51.1 Å². The molecule has 2 aromatic rings. The van der Waals surface area contributed by atoms with Crippen LogP contribution in [0.3, 0.4) is 0 Å². The van der Waals surface area contributed by atoms with Crippen LogP contribution in [-0.4, -0.2) is 40.4 Å². The molecule has 6 nitrogen and oxygen atoms in total. The standard InChI is InChI=1S/C21H30N4O2S/c1-5-17-9-11-18(12-10-17)15-25(4)21(22-2)24-14-19-7-6-8-20(13-19)16-28(26,27)23-3/h6-13,23H,5,14-16H2,1-4H3,(H,22,24). The van der Waals surface area contributed by atoms with E-state index < -0.39 is 10.0 Å². The van der Waals surface area contributed by atoms with Gasteiger partial charge in [-0.2, -0.15) is 0 Å². The minimum Gasteiger partial charge on any atom is -0.352 e. The highest BCUT2D eigenvalue weighted by molar-refractivity contribution is 7.88. The van der Waals surface area contributed by atoms with Crippen molar-refractivity contribution in [3.8, 4) is 0 Å². The first-order valence-electron chi connectivity index (χ1n) is 9.35. The third-order valence-electron chi connectivity index (χ3n) is 4.53. The first-order chi connectivity index (χ1) is 13.4. The zero-order valence-electron chi connectivity index (χ0n) is 17.1. The van der Waals surface area contributed by atoms with E-state index in [0.29, 0.717) is 6.54 Å². The predicted octanol–water partition coefficient (Wildman–Crippen LogP) is 2.51. The van der Waals surface area contributed by atoms with Crippen molar-refractivity contribution in [2.45, 2.75) is 32.2 Å². The Hall–Kier alpha value is -2.38. The van der Waals surface area contributed by atoms with Gasteiger partial charge in [0.05, 0.1) is 5.75 Å². The molecule has 0 aliphatic heterocycles. The Morgan fingerprint density at radius 2 is 1.68 bits per heavy atom. The molecular formula is C21H30N4O2S. The highest BCUT2D eigenvalue weighted by Crippen LogP contribution is 2.10. The van der Waals surface area contributed by atoms with Gasteiger partial charge in [-0.25, -0.2) is 13.1 Å². The van der Waals surface area contributed by atoms with Gasteiger partial charge in [0.15, 0.2) is 5.96 Å². The van der Waals surface area contributed by atoms with Crippen LogP contribution in [0.15, 0.2) is 53.5 Å². The summed E-state index contributed by atoms with van der Waals surface area (Å²) in [6.07, 6.45) is 1.04. The quantitative estimate of drug-likeness (QED) is 0.526. The smallest absolute Gasteiger partial charge is 0.215 e. The first kappa shape index (κ1) is 21.9. The van der Waals surface area contributed by atoms with Gasteiger partial charge in [0, 0.05) is 27.2 Å². The molecule has 0 aliphatic rings. The maximum Gasteiger partial charge on any atom is 0.215 e. The molecule has 0 saturated heterocycles. The molecule has 0 aliphatic carbocycles. The summed E-state index contributed by atoms with van der Waals surface area (Å²) in [6, 6.07) is 16.2. The van der Waals surface area contributed by atoms with Crippen LogP contribution in [0, 0.1) is 0 Å². The van der Waals surface area contributed by atoms with E-state index in [1.54, 1.807) is 7.05 Å². The molecule has 0 aromatic heterocycles. The first-order valence-corrected chi connectivity index (χ1v) is 11.0. The van der Waals surface area contributed by atoms with Gasteiger partial charge in [0.2, 0.25) is 10.0 Å². The van der Waals surface area contributed by atoms with Gasteiger partial charge in [-0.1, -0.05) is 55.5 Å². The number of guanidine groups is 1. The molecule has 2 N–H and O–H groups in total. The lowest BCUT2D eigenvalue weighted by Gasteiger charge is -2.22. The van der Waals surface area contributed by atoms with Crippen LogP contribution in [0.1, 0.15) is 29.2 Å². The van der Waals surface area contributed by atoms with E-state index >= 15 is 0 Å². The highest BCUT2D eigenvalue weighted by atomic mass is 32.2. The van der Waals surface area contributed by atoms with Crippen molar-refractivity contribution in [1.82, 2.24) is 14.9 Å². The Kier molecular flexibility index (Phi) is 8.02. The van der Waals surface area contributed by atoms with E-state index in [1.807, 2.05) is 31.3 Å². The van der Waals surface area contributed by atoms with Crippen molar-refractivity contribution in [2.24, 2.45) is 4.99 Å². The van der Waals surface area contributed by atoms with Gasteiger partial charge in [0.1, 0.15) is 0 Å². The van der Waals surface area contributed by atoms with E-state index in [1.165, 1.54) is 18.2 Å². The summed E-state index contributed by atoms with van der Waals surface area (Å²) in [6.45, 7) is 3.47. The Labute approximate surface area is 168 Å². The summed E-state index contributed by atoms with van der Waals surface area (Å²) in [5.41, 5.74) is 4.31. The summed E-state index contributed by atoms with van der Waals surface area (Å²) in [5.74, 6) is 0.757. The molecule has 2 rings (SSSR count). The van der Waals surface area contributed by atoms with Crippen LogP contribution in [-0.2, 0) is 35.3 Å². The van der Waals surface area contributed by atoms with Crippen molar-refractivity contribution < 1.29 is 8.42 Å². The Bertz CT molecular complexity index is 893. The Morgan fingerprint density at radius 3 is 2.29 bits per heavy atom. The van der Waals surface area contributed by atoms with E-state index in [4.69, 9.17) is 0 Å². The molecule has 0 unspecified atom stereocenters. The molecule has 0 amide bonds. The number of nitrogens with zero attached hydrogens (tertiary/aromatic N) is 2. The molecule has 0 radical (unpaired) electrons. The number of nitrogens with one attached hydrogen (secondary N) is 2. The van der Waals surface area contributed by atoms with Crippen molar-refractivity contribution in [3.05, 3.63) is 70.8 Å². The van der Waals surface area contributed by atoms with Crippen LogP contribution in [0.25, 0.3) is 0 Å². The molecule has 0 bridgehead atoms. The third kappa shape index (κ3) is 6.65. The molecule has 0 heterocycles. The minimum absolute atomic E-state index is 0.0281. The minimum atomic E-state index is -3.28. The number of hydrogen-bond donors (Lipinski definition) is 2. The van der Waals surface area contributed by atoms with E-state index in [9.17, 15) is 8.42 Å². The fraction of sp³-hybridized carbons (Fsp3) is 0.381. The number of rotatable bonds is 8. The monoisotopic (exact) mass is 402 g/mol. The van der Waals surface area contributed by atoms with Crippen molar-refractivity contribution in [2.75, 3.05) is 21.1 Å². The molecule has 7 heteroatoms. The lowest BCUT2D eigenvalue weighted by molar-refractivity contribution is 0.476. The molecule has 0 saturated carbocycles. The SMILES string of the molecule is CCc1ccc(CN(C)C(=NC)NCc2cccc(CS(=O)(=O)NC)c2)cc1. The summed E-state index contributed by atoms with van der Waals surface area (Å²) < 4.78 is 25.8. The molecule has 0 spiro atoms. The molecule has 0 atom stereocenters. The molecule has 0 fully saturated rings. The van der Waals surface area contributed by atoms with Crippen LogP contribution in [0.4, 0.5) is 0 Å². The lowest BCUT2D eigenvalue weighted by atomic mass is 10.1. The average Bonchev–Trinajstić information content (AvgIpc) is 2.69. The summed E-state index contributed by atoms with van der Waals surface area (Å²) >= 11 is 0. The van der Waals surface area contributed by atoms with Crippen LogP contribution in [0.5, 0.6) is 0 Å². The molecular weight excluding hydrogens is 372 g/mol. The Balaban J connectivity index is 1.97. The number of benzene rings is 2. The second-order valence-corrected chi connectivity index (χ2v) is 8.64. The van der Waals surface area contributed by atoms with Crippen LogP contribution < -0.4 is 10.0 Å². The fourth-order valence-electron chi connectivity index (χ4n) is 2.92. The van der Waals surface area contributed by atoms with E-state index in [-0.39, 0.29) is 5.75 Å². The van der Waals surface area contributed by atoms with Gasteiger partial charge in [-0.3, -0.25) is 4.99 Å². The normalized spacial score (nSPS) is 12.1. The number of aliphatic imine (C=N–C) groups is 1. The van der Waals surface area contributed by atoms with Crippen molar-refractivity contribution in [1.29, 1.82) is 0 Å². The molecule has 152 valence electrons. The highest BCUT2D eigenvalue weighted by Gasteiger charge is 2.10. The van der Waals surface area contributed by atoms with Crippen LogP contribution >= 0.6 is 0 Å². The average molecular weight is 403 g/mol. The van der Waals surface area contributed by atoms with E-state index in [0.717, 1.165) is 30.1 Å². The zero-order chi connectivity index (χ0) is 20.6. The number of sulfonamides is 1. The summed E-state index contributed by atoms with van der Waals surface area (Å²) in [5, 5.41) is 3.34. The predicted molar refractivity (Wildman–Crippen MR) is 116 cm³/mol. The van der Waals surface area contributed by atoms with Crippen molar-refractivity contribution >= 4 is 16.0 Å². The zero-order valence-corrected chi connectivity index (χ0v) is 17.9. The summed E-state index contributed by atoms with van der Waals surface area (Å²) in [7, 11) is 1.90. The van der Waals surface area contributed by atoms with Gasteiger partial charge in [-0.15, -0.1) is 0 Å². The largest absolute Gasteiger partial charge is 0.352 e. The number of aryl methyl sites for hydroxylation is 1. The third-order valence-corrected chi connectivity index (χ3v) is 5.87. The van der Waals surface area contributed by atoms with Gasteiger partial charge in [0.25, 0.3) is 0 Å². The fourth-order valence-corrected chi connectivity index (χ4v) is 3.68. The van der Waals surface area contributed by atoms with Crippen LogP contribution in [0.2, 0.25) is 0 Å². The molecule has 2 aromatic carbocycles.